The van der Waals surface area contributed by atoms with Gasteiger partial charge in [-0.15, -0.1) is 0 Å². The van der Waals surface area contributed by atoms with E-state index in [2.05, 4.69) is 35.0 Å². The van der Waals surface area contributed by atoms with Gasteiger partial charge in [-0.25, -0.2) is 4.98 Å². The summed E-state index contributed by atoms with van der Waals surface area (Å²) in [4.78, 5) is 4.48. The number of imidazole rings is 1. The Morgan fingerprint density at radius 2 is 2.30 bits per heavy atom. The van der Waals surface area contributed by atoms with Crippen LogP contribution in [0.5, 0.6) is 0 Å². The summed E-state index contributed by atoms with van der Waals surface area (Å²) < 4.78 is 2.16. The van der Waals surface area contributed by atoms with Gasteiger partial charge < -0.3 is 9.88 Å². The highest BCUT2D eigenvalue weighted by atomic mass is 15.0. The molecule has 0 aliphatic heterocycles. The first kappa shape index (κ1) is 14.1. The Bertz CT molecular complexity index is 426. The molecule has 1 aromatic heterocycles. The number of nitrogens with one attached hydrogen (secondary N) is 1. The normalized spacial score (nSPS) is 30.0. The third-order valence-electron chi connectivity index (χ3n) is 5.57. The van der Waals surface area contributed by atoms with Gasteiger partial charge in [0, 0.05) is 31.9 Å². The van der Waals surface area contributed by atoms with Crippen LogP contribution in [0.4, 0.5) is 0 Å². The summed E-state index contributed by atoms with van der Waals surface area (Å²) in [5.41, 5.74) is 0. The van der Waals surface area contributed by atoms with E-state index in [0.717, 1.165) is 24.2 Å². The van der Waals surface area contributed by atoms with Gasteiger partial charge in [-0.1, -0.05) is 13.3 Å². The van der Waals surface area contributed by atoms with Crippen LogP contribution in [0, 0.1) is 17.8 Å². The molecule has 2 aliphatic rings. The summed E-state index contributed by atoms with van der Waals surface area (Å²) >= 11 is 0. The first-order chi connectivity index (χ1) is 9.78. The lowest BCUT2D eigenvalue weighted by Gasteiger charge is -2.31. The molecule has 2 bridgehead atoms. The van der Waals surface area contributed by atoms with Crippen LogP contribution in [0.3, 0.4) is 0 Å². The molecule has 4 unspecified atom stereocenters. The fourth-order valence-electron chi connectivity index (χ4n) is 4.51. The molecule has 0 amide bonds. The number of aryl methyl sites for hydroxylation is 2. The maximum Gasteiger partial charge on any atom is 0.108 e. The molecule has 3 nitrogen and oxygen atoms in total. The van der Waals surface area contributed by atoms with Crippen molar-refractivity contribution in [3.05, 3.63) is 18.2 Å². The highest BCUT2D eigenvalue weighted by Gasteiger charge is 2.42. The van der Waals surface area contributed by atoms with Crippen LogP contribution >= 0.6 is 0 Å². The maximum absolute atomic E-state index is 4.48. The van der Waals surface area contributed by atoms with Gasteiger partial charge in [-0.05, 0) is 56.4 Å². The van der Waals surface area contributed by atoms with Crippen molar-refractivity contribution in [3.8, 4) is 0 Å². The molecule has 0 spiro atoms. The number of rotatable bonds is 7. The van der Waals surface area contributed by atoms with Gasteiger partial charge in [0.25, 0.3) is 0 Å². The van der Waals surface area contributed by atoms with Crippen LogP contribution in [-0.4, -0.2) is 22.1 Å². The number of fused-ring (bicyclic) bond motifs is 2. The van der Waals surface area contributed by atoms with Gasteiger partial charge in [0.15, 0.2) is 0 Å². The van der Waals surface area contributed by atoms with E-state index in [-0.39, 0.29) is 0 Å². The van der Waals surface area contributed by atoms with E-state index in [4.69, 9.17) is 0 Å². The molecule has 112 valence electrons. The quantitative estimate of drug-likeness (QED) is 0.828. The second-order valence-electron chi connectivity index (χ2n) is 6.89. The minimum absolute atomic E-state index is 0.710. The monoisotopic (exact) mass is 275 g/mol. The molecule has 0 radical (unpaired) electrons. The fourth-order valence-corrected chi connectivity index (χ4v) is 4.51. The number of hydrogen-bond donors (Lipinski definition) is 1. The fraction of sp³-hybridized carbons (Fsp3) is 0.824. The molecular weight excluding hydrogens is 246 g/mol. The summed E-state index contributed by atoms with van der Waals surface area (Å²) in [6.45, 7) is 3.43. The highest BCUT2D eigenvalue weighted by molar-refractivity contribution is 4.98. The average molecular weight is 275 g/mol. The van der Waals surface area contributed by atoms with Crippen LogP contribution in [-0.2, 0) is 13.5 Å². The van der Waals surface area contributed by atoms with E-state index >= 15 is 0 Å². The molecule has 3 heteroatoms. The second kappa shape index (κ2) is 6.30. The molecule has 1 heterocycles. The highest BCUT2D eigenvalue weighted by Crippen LogP contribution is 2.50. The van der Waals surface area contributed by atoms with Crippen LogP contribution in [0.15, 0.2) is 12.4 Å². The zero-order chi connectivity index (χ0) is 13.9. The van der Waals surface area contributed by atoms with Crippen molar-refractivity contribution >= 4 is 0 Å². The number of aromatic nitrogens is 2. The SMILES string of the molecule is CCCNC(CCc1nccn1C)C1CC2CCC1C2. The van der Waals surface area contributed by atoms with Gasteiger partial charge >= 0.3 is 0 Å². The summed E-state index contributed by atoms with van der Waals surface area (Å²) in [5, 5.41) is 3.84. The van der Waals surface area contributed by atoms with Gasteiger partial charge in [-0.2, -0.15) is 0 Å². The summed E-state index contributed by atoms with van der Waals surface area (Å²) in [5.74, 6) is 4.22. The summed E-state index contributed by atoms with van der Waals surface area (Å²) in [6, 6.07) is 0.710. The van der Waals surface area contributed by atoms with Gasteiger partial charge in [-0.3, -0.25) is 0 Å². The lowest BCUT2D eigenvalue weighted by atomic mass is 9.81. The van der Waals surface area contributed by atoms with Crippen LogP contribution in [0.1, 0.15) is 51.3 Å². The Morgan fingerprint density at radius 1 is 1.40 bits per heavy atom. The molecule has 2 aliphatic carbocycles. The van der Waals surface area contributed by atoms with Crippen molar-refractivity contribution in [3.63, 3.8) is 0 Å². The molecule has 2 saturated carbocycles. The zero-order valence-electron chi connectivity index (χ0n) is 13.0. The Morgan fingerprint density at radius 3 is 2.90 bits per heavy atom. The smallest absolute Gasteiger partial charge is 0.108 e. The molecule has 1 aromatic rings. The van der Waals surface area contributed by atoms with Crippen molar-refractivity contribution in [1.82, 2.24) is 14.9 Å². The number of hydrogen-bond acceptors (Lipinski definition) is 2. The Balaban J connectivity index is 1.59. The second-order valence-corrected chi connectivity index (χ2v) is 6.89. The minimum atomic E-state index is 0.710. The predicted octanol–water partition coefficient (Wildman–Crippen LogP) is 3.16. The first-order valence-electron chi connectivity index (χ1n) is 8.47. The Kier molecular flexibility index (Phi) is 4.45. The van der Waals surface area contributed by atoms with E-state index in [1.165, 1.54) is 50.9 Å². The lowest BCUT2D eigenvalue weighted by Crippen LogP contribution is -2.39. The minimum Gasteiger partial charge on any atom is -0.338 e. The molecule has 4 atom stereocenters. The van der Waals surface area contributed by atoms with Crippen molar-refractivity contribution in [2.75, 3.05) is 6.54 Å². The summed E-state index contributed by atoms with van der Waals surface area (Å²) in [7, 11) is 2.11. The van der Waals surface area contributed by atoms with Crippen molar-refractivity contribution in [2.45, 2.75) is 57.9 Å². The third-order valence-corrected chi connectivity index (χ3v) is 5.57. The van der Waals surface area contributed by atoms with Crippen LogP contribution in [0.25, 0.3) is 0 Å². The maximum atomic E-state index is 4.48. The molecule has 20 heavy (non-hydrogen) atoms. The Hall–Kier alpha value is -0.830. The molecular formula is C17H29N3. The Labute approximate surface area is 123 Å². The predicted molar refractivity (Wildman–Crippen MR) is 82.5 cm³/mol. The van der Waals surface area contributed by atoms with Gasteiger partial charge in [0.1, 0.15) is 5.82 Å². The average Bonchev–Trinajstić information content (AvgIpc) is 3.16. The van der Waals surface area contributed by atoms with Gasteiger partial charge in [0.2, 0.25) is 0 Å². The zero-order valence-corrected chi connectivity index (χ0v) is 13.0. The molecule has 0 aromatic carbocycles. The molecule has 0 saturated heterocycles. The summed E-state index contributed by atoms with van der Waals surface area (Å²) in [6.07, 6.45) is 13.5. The topological polar surface area (TPSA) is 29.9 Å². The van der Waals surface area contributed by atoms with E-state index in [9.17, 15) is 0 Å². The van der Waals surface area contributed by atoms with E-state index in [1.807, 2.05) is 6.20 Å². The van der Waals surface area contributed by atoms with E-state index < -0.39 is 0 Å². The number of nitrogens with zero attached hydrogens (tertiary/aromatic N) is 2. The van der Waals surface area contributed by atoms with Crippen molar-refractivity contribution in [1.29, 1.82) is 0 Å². The van der Waals surface area contributed by atoms with Crippen LogP contribution < -0.4 is 5.32 Å². The lowest BCUT2D eigenvalue weighted by molar-refractivity contribution is 0.238. The third kappa shape index (κ3) is 2.93. The van der Waals surface area contributed by atoms with E-state index in [1.54, 1.807) is 0 Å². The molecule has 1 N–H and O–H groups in total. The van der Waals surface area contributed by atoms with Gasteiger partial charge in [0.05, 0.1) is 0 Å². The molecule has 3 rings (SSSR count). The van der Waals surface area contributed by atoms with Crippen LogP contribution in [0.2, 0.25) is 0 Å². The molecule has 2 fully saturated rings. The van der Waals surface area contributed by atoms with Crippen molar-refractivity contribution in [2.24, 2.45) is 24.8 Å². The standard InChI is InChI=1S/C17H29N3/c1-3-8-18-16(6-7-17-19-9-10-20(17)2)15-12-13-4-5-14(15)11-13/h9-10,13-16,18H,3-8,11-12H2,1-2H3. The van der Waals surface area contributed by atoms with Crippen molar-refractivity contribution < 1.29 is 0 Å². The largest absolute Gasteiger partial charge is 0.338 e. The first-order valence-corrected chi connectivity index (χ1v) is 8.47. The van der Waals surface area contributed by atoms with E-state index in [0.29, 0.717) is 6.04 Å².